The molecule has 0 saturated heterocycles. The Labute approximate surface area is 131 Å². The lowest BCUT2D eigenvalue weighted by Gasteiger charge is -2.24. The fraction of sp³-hybridized carbons (Fsp3) is 0.611. The number of carbonyl (C=O) groups is 1. The maximum atomic E-state index is 13.0. The van der Waals surface area contributed by atoms with Crippen molar-refractivity contribution in [2.24, 2.45) is 5.92 Å². The number of rotatable bonds is 6. The molecule has 1 saturated carbocycles. The van der Waals surface area contributed by atoms with Crippen LogP contribution in [0.5, 0.6) is 0 Å². The molecule has 1 amide bonds. The van der Waals surface area contributed by atoms with Crippen molar-refractivity contribution in [3.63, 3.8) is 0 Å². The quantitative estimate of drug-likeness (QED) is 0.846. The summed E-state index contributed by atoms with van der Waals surface area (Å²) in [4.78, 5) is 12.2. The number of aliphatic hydroxyl groups is 1. The van der Waals surface area contributed by atoms with Gasteiger partial charge in [0.2, 0.25) is 5.91 Å². The molecule has 0 aliphatic heterocycles. The summed E-state index contributed by atoms with van der Waals surface area (Å²) in [7, 11) is 0. The van der Waals surface area contributed by atoms with Gasteiger partial charge in [-0.2, -0.15) is 0 Å². The molecule has 0 aromatic heterocycles. The lowest BCUT2D eigenvalue weighted by molar-refractivity contribution is -0.122. The molecular formula is C18H26FNO2. The zero-order chi connectivity index (χ0) is 16.2. The van der Waals surface area contributed by atoms with Crippen LogP contribution >= 0.6 is 0 Å². The first kappa shape index (κ1) is 16.9. The van der Waals surface area contributed by atoms with Crippen LogP contribution in [0.1, 0.15) is 57.4 Å². The van der Waals surface area contributed by atoms with Gasteiger partial charge in [0.25, 0.3) is 0 Å². The van der Waals surface area contributed by atoms with Crippen molar-refractivity contribution in [3.05, 3.63) is 35.6 Å². The molecule has 0 bridgehead atoms. The molecule has 1 unspecified atom stereocenters. The number of carbonyl (C=O) groups excluding carboxylic acids is 1. The number of hydrogen-bond donors (Lipinski definition) is 2. The van der Waals surface area contributed by atoms with Gasteiger partial charge in [-0.05, 0) is 42.4 Å². The molecule has 1 fully saturated rings. The Balaban J connectivity index is 1.93. The maximum Gasteiger partial charge on any atom is 0.220 e. The van der Waals surface area contributed by atoms with Crippen molar-refractivity contribution < 1.29 is 14.3 Å². The highest BCUT2D eigenvalue weighted by Crippen LogP contribution is 2.30. The lowest BCUT2D eigenvalue weighted by atomic mass is 9.85. The number of halogens is 1. The minimum atomic E-state index is -0.723. The van der Waals surface area contributed by atoms with Crippen LogP contribution in [0.2, 0.25) is 0 Å². The highest BCUT2D eigenvalue weighted by molar-refractivity contribution is 5.77. The fourth-order valence-electron chi connectivity index (χ4n) is 3.19. The van der Waals surface area contributed by atoms with Gasteiger partial charge in [0.1, 0.15) is 5.82 Å². The summed E-state index contributed by atoms with van der Waals surface area (Å²) in [6.45, 7) is 4.46. The summed E-state index contributed by atoms with van der Waals surface area (Å²) in [5.41, 5.74) is 0.255. The normalized spacial score (nSPS) is 18.4. The number of amides is 1. The van der Waals surface area contributed by atoms with Gasteiger partial charge in [0.15, 0.2) is 0 Å². The summed E-state index contributed by atoms with van der Waals surface area (Å²) in [5, 5.41) is 13.1. The predicted molar refractivity (Wildman–Crippen MR) is 85.0 cm³/mol. The Morgan fingerprint density at radius 1 is 1.27 bits per heavy atom. The Bertz CT molecular complexity index is 492. The second-order valence-electron chi connectivity index (χ2n) is 6.81. The lowest BCUT2D eigenvalue weighted by Crippen LogP contribution is -2.41. The summed E-state index contributed by atoms with van der Waals surface area (Å²) >= 11 is 0. The van der Waals surface area contributed by atoms with E-state index < -0.39 is 5.60 Å². The van der Waals surface area contributed by atoms with E-state index in [4.69, 9.17) is 0 Å². The van der Waals surface area contributed by atoms with E-state index in [1.807, 2.05) is 0 Å². The standard InChI is InChI=1S/C18H26FNO2/c1-13(2)16(14-5-7-15(19)8-6-14)11-17(21)20-12-18(22)9-3-4-10-18/h5-8,13,16,22H,3-4,9-12H2,1-2H3,(H,20,21). The first-order chi connectivity index (χ1) is 10.4. The minimum absolute atomic E-state index is 0.0525. The van der Waals surface area contributed by atoms with Crippen LogP contribution in [0.3, 0.4) is 0 Å². The van der Waals surface area contributed by atoms with E-state index in [0.29, 0.717) is 13.0 Å². The van der Waals surface area contributed by atoms with Crippen molar-refractivity contribution >= 4 is 5.91 Å². The molecule has 122 valence electrons. The van der Waals surface area contributed by atoms with E-state index in [1.165, 1.54) is 12.1 Å². The molecule has 1 atom stereocenters. The molecule has 22 heavy (non-hydrogen) atoms. The van der Waals surface area contributed by atoms with Crippen LogP contribution in [0.4, 0.5) is 4.39 Å². The van der Waals surface area contributed by atoms with Crippen LogP contribution < -0.4 is 5.32 Å². The first-order valence-corrected chi connectivity index (χ1v) is 8.14. The second kappa shape index (κ2) is 7.23. The molecule has 3 nitrogen and oxygen atoms in total. The molecule has 2 N–H and O–H groups in total. The Hall–Kier alpha value is -1.42. The zero-order valence-corrected chi connectivity index (χ0v) is 13.4. The zero-order valence-electron chi connectivity index (χ0n) is 13.4. The molecule has 0 radical (unpaired) electrons. The van der Waals surface area contributed by atoms with Crippen LogP contribution in [-0.4, -0.2) is 23.2 Å². The molecular weight excluding hydrogens is 281 g/mol. The van der Waals surface area contributed by atoms with E-state index >= 15 is 0 Å². The third-order valence-electron chi connectivity index (χ3n) is 4.66. The summed E-state index contributed by atoms with van der Waals surface area (Å²) in [6, 6.07) is 6.36. The van der Waals surface area contributed by atoms with Gasteiger partial charge in [-0.1, -0.05) is 38.8 Å². The molecule has 0 spiro atoms. The topological polar surface area (TPSA) is 49.3 Å². The Kier molecular flexibility index (Phi) is 5.57. The molecule has 1 aromatic carbocycles. The molecule has 1 aliphatic rings. The highest BCUT2D eigenvalue weighted by Gasteiger charge is 2.31. The van der Waals surface area contributed by atoms with Gasteiger partial charge in [-0.25, -0.2) is 4.39 Å². The van der Waals surface area contributed by atoms with E-state index in [0.717, 1.165) is 31.2 Å². The average molecular weight is 307 g/mol. The minimum Gasteiger partial charge on any atom is -0.388 e. The number of benzene rings is 1. The highest BCUT2D eigenvalue weighted by atomic mass is 19.1. The number of nitrogens with one attached hydrogen (secondary N) is 1. The molecule has 2 rings (SSSR count). The monoisotopic (exact) mass is 307 g/mol. The van der Waals surface area contributed by atoms with Gasteiger partial charge in [-0.15, -0.1) is 0 Å². The molecule has 1 aliphatic carbocycles. The van der Waals surface area contributed by atoms with Gasteiger partial charge < -0.3 is 10.4 Å². The summed E-state index contributed by atoms with van der Waals surface area (Å²) in [5.74, 6) is 0.0205. The summed E-state index contributed by atoms with van der Waals surface area (Å²) < 4.78 is 13.0. The number of hydrogen-bond acceptors (Lipinski definition) is 2. The maximum absolute atomic E-state index is 13.0. The van der Waals surface area contributed by atoms with Crippen molar-refractivity contribution in [2.45, 2.75) is 57.5 Å². The summed E-state index contributed by atoms with van der Waals surface area (Å²) in [6.07, 6.45) is 3.93. The van der Waals surface area contributed by atoms with Gasteiger partial charge >= 0.3 is 0 Å². The predicted octanol–water partition coefficient (Wildman–Crippen LogP) is 3.38. The SMILES string of the molecule is CC(C)C(CC(=O)NCC1(O)CCCC1)c1ccc(F)cc1. The Morgan fingerprint density at radius 2 is 1.86 bits per heavy atom. The smallest absolute Gasteiger partial charge is 0.220 e. The van der Waals surface area contributed by atoms with Crippen molar-refractivity contribution in [2.75, 3.05) is 6.54 Å². The van der Waals surface area contributed by atoms with Crippen LogP contribution in [0, 0.1) is 11.7 Å². The third-order valence-corrected chi connectivity index (χ3v) is 4.66. The fourth-order valence-corrected chi connectivity index (χ4v) is 3.19. The Morgan fingerprint density at radius 3 is 2.41 bits per heavy atom. The molecule has 1 aromatic rings. The van der Waals surface area contributed by atoms with E-state index in [9.17, 15) is 14.3 Å². The molecule has 0 heterocycles. The van der Waals surface area contributed by atoms with Gasteiger partial charge in [0.05, 0.1) is 5.60 Å². The van der Waals surface area contributed by atoms with Crippen LogP contribution in [0.25, 0.3) is 0 Å². The van der Waals surface area contributed by atoms with Crippen molar-refractivity contribution in [3.8, 4) is 0 Å². The average Bonchev–Trinajstić information content (AvgIpc) is 2.91. The van der Waals surface area contributed by atoms with E-state index in [1.54, 1.807) is 12.1 Å². The van der Waals surface area contributed by atoms with Gasteiger partial charge in [0, 0.05) is 13.0 Å². The van der Waals surface area contributed by atoms with Crippen molar-refractivity contribution in [1.82, 2.24) is 5.32 Å². The van der Waals surface area contributed by atoms with Crippen LogP contribution in [0.15, 0.2) is 24.3 Å². The van der Waals surface area contributed by atoms with Crippen molar-refractivity contribution in [1.29, 1.82) is 0 Å². The molecule has 4 heteroatoms. The van der Waals surface area contributed by atoms with Crippen LogP contribution in [-0.2, 0) is 4.79 Å². The second-order valence-corrected chi connectivity index (χ2v) is 6.81. The van der Waals surface area contributed by atoms with E-state index in [2.05, 4.69) is 19.2 Å². The largest absolute Gasteiger partial charge is 0.388 e. The third kappa shape index (κ3) is 4.54. The first-order valence-electron chi connectivity index (χ1n) is 8.14. The van der Waals surface area contributed by atoms with Gasteiger partial charge in [-0.3, -0.25) is 4.79 Å². The van der Waals surface area contributed by atoms with E-state index in [-0.39, 0.29) is 23.6 Å².